The fourth-order valence-electron chi connectivity index (χ4n) is 3.07. The van der Waals surface area contributed by atoms with Crippen LogP contribution in [-0.4, -0.2) is 65.1 Å². The van der Waals surface area contributed by atoms with Gasteiger partial charge in [0.15, 0.2) is 0 Å². The van der Waals surface area contributed by atoms with Crippen molar-refractivity contribution in [3.63, 3.8) is 0 Å². The summed E-state index contributed by atoms with van der Waals surface area (Å²) in [5.74, 6) is 0.635. The standard InChI is InChI=1S/C15H21N5O4/c1-10-14(16-5-7-24-10)15(21)19-6-4-11(9-19)18-13-3-2-12(8-17-13)20(22)23/h2-3,8,10-11,14,16H,4-7,9H2,1H3,(H,17,18)/t10-,11?,14+/m1/s1. The molecule has 24 heavy (non-hydrogen) atoms. The number of morpholine rings is 1. The topological polar surface area (TPSA) is 110 Å². The summed E-state index contributed by atoms with van der Waals surface area (Å²) < 4.78 is 5.53. The molecule has 3 atom stereocenters. The van der Waals surface area contributed by atoms with E-state index in [1.54, 1.807) is 6.07 Å². The van der Waals surface area contributed by atoms with Gasteiger partial charge in [0.05, 0.1) is 17.6 Å². The van der Waals surface area contributed by atoms with Crippen molar-refractivity contribution in [3.8, 4) is 0 Å². The van der Waals surface area contributed by atoms with E-state index in [9.17, 15) is 14.9 Å². The number of pyridine rings is 1. The van der Waals surface area contributed by atoms with E-state index in [1.807, 2.05) is 11.8 Å². The van der Waals surface area contributed by atoms with Gasteiger partial charge < -0.3 is 20.3 Å². The maximum absolute atomic E-state index is 12.6. The summed E-state index contributed by atoms with van der Waals surface area (Å²) in [4.78, 5) is 28.6. The Bertz CT molecular complexity index is 608. The minimum absolute atomic E-state index is 0.0406. The molecule has 0 aliphatic carbocycles. The highest BCUT2D eigenvalue weighted by Gasteiger charge is 2.35. The monoisotopic (exact) mass is 335 g/mol. The number of ether oxygens (including phenoxy) is 1. The molecule has 1 amide bonds. The zero-order chi connectivity index (χ0) is 17.1. The third kappa shape index (κ3) is 3.62. The van der Waals surface area contributed by atoms with Crippen LogP contribution in [0.1, 0.15) is 13.3 Å². The van der Waals surface area contributed by atoms with E-state index < -0.39 is 4.92 Å². The van der Waals surface area contributed by atoms with Gasteiger partial charge in [0.25, 0.3) is 5.69 Å². The lowest BCUT2D eigenvalue weighted by Crippen LogP contribution is -2.56. The Morgan fingerprint density at radius 2 is 2.38 bits per heavy atom. The zero-order valence-electron chi connectivity index (χ0n) is 13.5. The molecule has 1 aromatic rings. The molecule has 0 radical (unpaired) electrons. The van der Waals surface area contributed by atoms with E-state index in [1.165, 1.54) is 12.3 Å². The van der Waals surface area contributed by atoms with Crippen LogP contribution in [0, 0.1) is 10.1 Å². The number of likely N-dealkylation sites (tertiary alicyclic amines) is 1. The smallest absolute Gasteiger partial charge is 0.287 e. The lowest BCUT2D eigenvalue weighted by atomic mass is 10.1. The summed E-state index contributed by atoms with van der Waals surface area (Å²) in [7, 11) is 0. The molecule has 130 valence electrons. The average molecular weight is 335 g/mol. The number of carbonyl (C=O) groups excluding carboxylic acids is 1. The molecule has 2 aliphatic rings. The number of nitro groups is 1. The SMILES string of the molecule is C[C@H]1OCCN[C@@H]1C(=O)N1CCC(Nc2ccc([N+](=O)[O-])cn2)C1. The van der Waals surface area contributed by atoms with E-state index in [2.05, 4.69) is 15.6 Å². The minimum Gasteiger partial charge on any atom is -0.375 e. The minimum atomic E-state index is -0.479. The lowest BCUT2D eigenvalue weighted by Gasteiger charge is -2.32. The number of hydrogen-bond acceptors (Lipinski definition) is 7. The molecule has 3 rings (SSSR count). The maximum atomic E-state index is 12.6. The quantitative estimate of drug-likeness (QED) is 0.604. The first-order valence-corrected chi connectivity index (χ1v) is 8.05. The summed E-state index contributed by atoms with van der Waals surface area (Å²) in [6.07, 6.45) is 1.91. The Kier molecular flexibility index (Phi) is 4.91. The largest absolute Gasteiger partial charge is 0.375 e. The first kappa shape index (κ1) is 16.6. The van der Waals surface area contributed by atoms with Gasteiger partial charge in [-0.25, -0.2) is 4.98 Å². The van der Waals surface area contributed by atoms with Crippen LogP contribution in [0.5, 0.6) is 0 Å². The van der Waals surface area contributed by atoms with Crippen molar-refractivity contribution in [1.29, 1.82) is 0 Å². The van der Waals surface area contributed by atoms with Crippen molar-refractivity contribution < 1.29 is 14.5 Å². The molecule has 2 N–H and O–H groups in total. The van der Waals surface area contributed by atoms with E-state index in [0.717, 1.165) is 6.42 Å². The third-order valence-electron chi connectivity index (χ3n) is 4.39. The average Bonchev–Trinajstić information content (AvgIpc) is 3.04. The molecular weight excluding hydrogens is 314 g/mol. The fraction of sp³-hybridized carbons (Fsp3) is 0.600. The second-order valence-electron chi connectivity index (χ2n) is 6.08. The van der Waals surface area contributed by atoms with Crippen molar-refractivity contribution in [1.82, 2.24) is 15.2 Å². The molecular formula is C15H21N5O4. The summed E-state index contributed by atoms with van der Waals surface area (Å²) in [5.41, 5.74) is -0.0406. The molecule has 2 fully saturated rings. The summed E-state index contributed by atoms with van der Waals surface area (Å²) in [6.45, 7) is 4.47. The number of nitrogens with one attached hydrogen (secondary N) is 2. The molecule has 0 bridgehead atoms. The highest BCUT2D eigenvalue weighted by molar-refractivity contribution is 5.83. The van der Waals surface area contributed by atoms with Crippen molar-refractivity contribution in [2.45, 2.75) is 31.5 Å². The van der Waals surface area contributed by atoms with E-state index >= 15 is 0 Å². The van der Waals surface area contributed by atoms with Gasteiger partial charge in [0.1, 0.15) is 18.1 Å². The Hall–Kier alpha value is -2.26. The number of anilines is 1. The molecule has 0 spiro atoms. The summed E-state index contributed by atoms with van der Waals surface area (Å²) in [5, 5.41) is 17.1. The second kappa shape index (κ2) is 7.10. The number of nitrogens with zero attached hydrogens (tertiary/aromatic N) is 3. The van der Waals surface area contributed by atoms with Crippen LogP contribution < -0.4 is 10.6 Å². The highest BCUT2D eigenvalue weighted by atomic mass is 16.6. The van der Waals surface area contributed by atoms with Crippen molar-refractivity contribution in [2.75, 3.05) is 31.6 Å². The Morgan fingerprint density at radius 1 is 1.54 bits per heavy atom. The van der Waals surface area contributed by atoms with E-state index in [-0.39, 0.29) is 29.8 Å². The van der Waals surface area contributed by atoms with Gasteiger partial charge in [-0.15, -0.1) is 0 Å². The number of amides is 1. The molecule has 2 aliphatic heterocycles. The molecule has 1 aromatic heterocycles. The third-order valence-corrected chi connectivity index (χ3v) is 4.39. The molecule has 3 heterocycles. The van der Waals surface area contributed by atoms with Crippen molar-refractivity contribution in [3.05, 3.63) is 28.4 Å². The number of carbonyl (C=O) groups is 1. The zero-order valence-corrected chi connectivity index (χ0v) is 13.5. The normalized spacial score (nSPS) is 27.0. The van der Waals surface area contributed by atoms with Crippen LogP contribution in [0.3, 0.4) is 0 Å². The van der Waals surface area contributed by atoms with Gasteiger partial charge in [-0.2, -0.15) is 0 Å². The van der Waals surface area contributed by atoms with Crippen LogP contribution in [0.2, 0.25) is 0 Å². The lowest BCUT2D eigenvalue weighted by molar-refractivity contribution is -0.385. The molecule has 9 nitrogen and oxygen atoms in total. The predicted octanol–water partition coefficient (Wildman–Crippen LogP) is 0.380. The van der Waals surface area contributed by atoms with Crippen molar-refractivity contribution in [2.24, 2.45) is 0 Å². The number of hydrogen-bond donors (Lipinski definition) is 2. The first-order valence-electron chi connectivity index (χ1n) is 8.05. The van der Waals surface area contributed by atoms with Crippen LogP contribution in [-0.2, 0) is 9.53 Å². The van der Waals surface area contributed by atoms with Crippen molar-refractivity contribution >= 4 is 17.4 Å². The maximum Gasteiger partial charge on any atom is 0.287 e. The molecule has 1 unspecified atom stereocenters. The Balaban J connectivity index is 1.55. The van der Waals surface area contributed by atoms with Crippen LogP contribution in [0.25, 0.3) is 0 Å². The van der Waals surface area contributed by atoms with Gasteiger partial charge in [-0.05, 0) is 19.4 Å². The number of rotatable bonds is 4. The van der Waals surface area contributed by atoms with Gasteiger partial charge in [-0.1, -0.05) is 0 Å². The molecule has 9 heteroatoms. The Morgan fingerprint density at radius 3 is 3.04 bits per heavy atom. The van der Waals surface area contributed by atoms with Crippen LogP contribution in [0.15, 0.2) is 18.3 Å². The summed E-state index contributed by atoms with van der Waals surface area (Å²) in [6, 6.07) is 2.79. The summed E-state index contributed by atoms with van der Waals surface area (Å²) >= 11 is 0. The Labute approximate surface area is 139 Å². The molecule has 0 aromatic carbocycles. The van der Waals surface area contributed by atoms with E-state index in [4.69, 9.17) is 4.74 Å². The number of aromatic nitrogens is 1. The first-order chi connectivity index (χ1) is 11.5. The molecule has 0 saturated carbocycles. The second-order valence-corrected chi connectivity index (χ2v) is 6.08. The highest BCUT2D eigenvalue weighted by Crippen LogP contribution is 2.18. The van der Waals surface area contributed by atoms with Crippen LogP contribution >= 0.6 is 0 Å². The molecule has 2 saturated heterocycles. The van der Waals surface area contributed by atoms with Gasteiger partial charge in [0.2, 0.25) is 5.91 Å². The van der Waals surface area contributed by atoms with Gasteiger partial charge in [0, 0.05) is 31.7 Å². The van der Waals surface area contributed by atoms with E-state index in [0.29, 0.717) is 32.1 Å². The fourth-order valence-corrected chi connectivity index (χ4v) is 3.07. The van der Waals surface area contributed by atoms with Crippen LogP contribution in [0.4, 0.5) is 11.5 Å². The van der Waals surface area contributed by atoms with Gasteiger partial charge in [-0.3, -0.25) is 14.9 Å². The van der Waals surface area contributed by atoms with Gasteiger partial charge >= 0.3 is 0 Å². The predicted molar refractivity (Wildman–Crippen MR) is 86.7 cm³/mol.